The molecule has 0 saturated carbocycles. The topological polar surface area (TPSA) is 399 Å². The van der Waals surface area contributed by atoms with E-state index < -0.39 is 138 Å². The Labute approximate surface area is 439 Å². The summed E-state index contributed by atoms with van der Waals surface area (Å²) < 4.78 is 0. The summed E-state index contributed by atoms with van der Waals surface area (Å²) in [6, 6.07) is -4.99. The third kappa shape index (κ3) is 16.8. The van der Waals surface area contributed by atoms with E-state index in [1.54, 1.807) is 13.8 Å². The lowest BCUT2D eigenvalue weighted by molar-refractivity contribution is -0.146. The van der Waals surface area contributed by atoms with Crippen molar-refractivity contribution >= 4 is 71.0 Å². The first kappa shape index (κ1) is 59.5. The second kappa shape index (κ2) is 28.0. The van der Waals surface area contributed by atoms with Crippen LogP contribution in [0.15, 0.2) is 24.3 Å². The fourth-order valence-electron chi connectivity index (χ4n) is 10.2. The van der Waals surface area contributed by atoms with Gasteiger partial charge >= 0.3 is 11.9 Å². The fraction of sp³-hybridized carbons (Fsp3) is 0.640. The van der Waals surface area contributed by atoms with Gasteiger partial charge < -0.3 is 73.4 Å². The highest BCUT2D eigenvalue weighted by molar-refractivity contribution is 5.99. The third-order valence-electron chi connectivity index (χ3n) is 14.1. The van der Waals surface area contributed by atoms with Crippen LogP contribution in [0.25, 0.3) is 0 Å². The summed E-state index contributed by atoms with van der Waals surface area (Å²) in [6.45, 7) is 4.41. The molecule has 0 aliphatic carbocycles. The molecule has 4 aliphatic rings. The van der Waals surface area contributed by atoms with Crippen molar-refractivity contribution in [1.82, 2.24) is 46.6 Å². The molecule has 1 aromatic carbocycles. The zero-order chi connectivity index (χ0) is 55.8. The van der Waals surface area contributed by atoms with Crippen molar-refractivity contribution in [3.05, 3.63) is 29.8 Å². The molecule has 0 unspecified atom stereocenters. The molecule has 0 spiro atoms. The van der Waals surface area contributed by atoms with Crippen molar-refractivity contribution in [2.45, 2.75) is 171 Å². The van der Waals surface area contributed by atoms with Crippen molar-refractivity contribution in [1.29, 1.82) is 0 Å². The van der Waals surface area contributed by atoms with Crippen molar-refractivity contribution in [2.24, 2.45) is 17.4 Å². The van der Waals surface area contributed by atoms with Crippen LogP contribution in [0.3, 0.4) is 0 Å². The van der Waals surface area contributed by atoms with Crippen LogP contribution >= 0.6 is 0 Å². The molecular formula is C50H73N11O15. The monoisotopic (exact) mass is 1070 g/mol. The lowest BCUT2D eigenvalue weighted by Crippen LogP contribution is -2.60. The standard InChI is InChI=1S/C50H73N11O15/c1-27(2)25-34(57-43(68)31(17-20-41(65)66)54-44(69)36-8-4-22-59(36)47(72)32(15-18-39(51)63)55-42(67)30-7-3-21-53-30)48(73)60-23-6-10-38(60)46(71)58-35(26-28-11-13-29(62)14-12-28)49(74)61-24-5-9-37(61)45(70)56-33(50(75)76)16-19-40(52)64/h11-14,27,30-38,53,62H,3-10,15-26H2,1-2H3,(H2,51,63)(H2,52,64)(H,54,69)(H,55,67)(H,56,70)(H,57,68)(H,58,71)(H,65,66)(H,75,76)/t30-,31-,32-,33-,34-,35-,36-,37-,38-/m0/s1. The molecule has 10 amide bonds. The number of likely N-dealkylation sites (tertiary alicyclic amines) is 3. The Morgan fingerprint density at radius 2 is 1.01 bits per heavy atom. The van der Waals surface area contributed by atoms with E-state index in [0.29, 0.717) is 37.8 Å². The molecule has 418 valence electrons. The molecule has 0 aromatic heterocycles. The van der Waals surface area contributed by atoms with Gasteiger partial charge in [0.2, 0.25) is 59.1 Å². The zero-order valence-electron chi connectivity index (χ0n) is 43.0. The smallest absolute Gasteiger partial charge is 0.326 e. The molecule has 5 rings (SSSR count). The SMILES string of the molecule is CC(C)C[C@H](NC(=O)[C@H](CCC(=O)O)NC(=O)[C@@H]1CCCN1C(=O)[C@H](CCC(N)=O)NC(=O)[C@@H]1CCCN1)C(=O)N1CCC[C@H]1C(=O)N[C@@H](Cc1ccc(O)cc1)C(=O)N1CCC[C@H]1C(=O)N[C@@H](CCC(N)=O)C(=O)O. The predicted octanol–water partition coefficient (Wildman–Crippen LogP) is -2.39. The van der Waals surface area contributed by atoms with Crippen LogP contribution in [-0.4, -0.2) is 182 Å². The molecule has 13 N–H and O–H groups in total. The summed E-state index contributed by atoms with van der Waals surface area (Å²) in [5.41, 5.74) is 11.1. The van der Waals surface area contributed by atoms with Gasteiger partial charge in [-0.2, -0.15) is 0 Å². The van der Waals surface area contributed by atoms with Crippen molar-refractivity contribution in [2.75, 3.05) is 26.2 Å². The first-order chi connectivity index (χ1) is 36.0. The molecule has 4 aliphatic heterocycles. The number of phenols is 1. The Kier molecular flexibility index (Phi) is 21.9. The van der Waals surface area contributed by atoms with Gasteiger partial charge in [-0.05, 0) is 107 Å². The molecule has 76 heavy (non-hydrogen) atoms. The zero-order valence-corrected chi connectivity index (χ0v) is 43.0. The number of carboxylic acid groups (broad SMARTS) is 2. The number of hydrogen-bond donors (Lipinski definition) is 11. The number of carbonyl (C=O) groups is 12. The lowest BCUT2D eigenvalue weighted by Gasteiger charge is -2.33. The van der Waals surface area contributed by atoms with Gasteiger partial charge in [-0.25, -0.2) is 4.79 Å². The number of aliphatic carboxylic acids is 2. The van der Waals surface area contributed by atoms with Crippen LogP contribution < -0.4 is 43.4 Å². The average Bonchev–Trinajstić information content (AvgIpc) is 4.23. The van der Waals surface area contributed by atoms with Gasteiger partial charge in [0, 0.05) is 45.3 Å². The van der Waals surface area contributed by atoms with Crippen molar-refractivity contribution in [3.8, 4) is 5.75 Å². The number of primary amides is 2. The van der Waals surface area contributed by atoms with Gasteiger partial charge in [-0.1, -0.05) is 26.0 Å². The van der Waals surface area contributed by atoms with Crippen LogP contribution in [0.2, 0.25) is 0 Å². The molecule has 26 nitrogen and oxygen atoms in total. The normalized spacial score (nSPS) is 21.2. The first-order valence-corrected chi connectivity index (χ1v) is 26.0. The number of carbonyl (C=O) groups excluding carboxylic acids is 10. The van der Waals surface area contributed by atoms with Crippen LogP contribution in [0.1, 0.15) is 116 Å². The second-order valence-corrected chi connectivity index (χ2v) is 20.3. The molecule has 0 bridgehead atoms. The highest BCUT2D eigenvalue weighted by atomic mass is 16.4. The number of amides is 10. The van der Waals surface area contributed by atoms with Crippen LogP contribution in [0, 0.1) is 5.92 Å². The van der Waals surface area contributed by atoms with Gasteiger partial charge in [-0.3, -0.25) is 52.7 Å². The molecule has 4 heterocycles. The van der Waals surface area contributed by atoms with Gasteiger partial charge in [0.1, 0.15) is 54.1 Å². The molecule has 1 aromatic rings. The van der Waals surface area contributed by atoms with Gasteiger partial charge in [0.15, 0.2) is 0 Å². The van der Waals surface area contributed by atoms with E-state index in [1.165, 1.54) is 39.0 Å². The van der Waals surface area contributed by atoms with E-state index in [-0.39, 0.29) is 89.1 Å². The van der Waals surface area contributed by atoms with E-state index in [1.807, 2.05) is 0 Å². The number of nitrogens with zero attached hydrogens (tertiary/aromatic N) is 3. The average molecular weight is 1070 g/mol. The highest BCUT2D eigenvalue weighted by Gasteiger charge is 2.44. The van der Waals surface area contributed by atoms with Crippen molar-refractivity contribution < 1.29 is 72.9 Å². The number of nitrogens with two attached hydrogens (primary N) is 2. The number of benzene rings is 1. The summed E-state index contributed by atoms with van der Waals surface area (Å²) in [4.78, 5) is 163. The number of carboxylic acids is 2. The molecule has 4 saturated heterocycles. The Morgan fingerprint density at radius 1 is 0.566 bits per heavy atom. The van der Waals surface area contributed by atoms with E-state index in [2.05, 4.69) is 31.9 Å². The van der Waals surface area contributed by atoms with E-state index in [0.717, 1.165) is 6.42 Å². The Balaban J connectivity index is 1.32. The number of aromatic hydroxyl groups is 1. The number of nitrogens with one attached hydrogen (secondary N) is 6. The molecular weight excluding hydrogens is 995 g/mol. The minimum absolute atomic E-state index is 0.0420. The maximum absolute atomic E-state index is 14.6. The van der Waals surface area contributed by atoms with Gasteiger partial charge in [-0.15, -0.1) is 0 Å². The van der Waals surface area contributed by atoms with Gasteiger partial charge in [0.25, 0.3) is 0 Å². The maximum Gasteiger partial charge on any atom is 0.326 e. The summed E-state index contributed by atoms with van der Waals surface area (Å²) in [5, 5.41) is 45.5. The largest absolute Gasteiger partial charge is 0.508 e. The quantitative estimate of drug-likeness (QED) is 0.0438. The first-order valence-electron chi connectivity index (χ1n) is 26.0. The Bertz CT molecular complexity index is 2330. The summed E-state index contributed by atoms with van der Waals surface area (Å²) in [7, 11) is 0. The summed E-state index contributed by atoms with van der Waals surface area (Å²) in [5.74, 6) is -10.1. The number of rotatable bonds is 27. The minimum atomic E-state index is -1.52. The molecule has 9 atom stereocenters. The maximum atomic E-state index is 14.6. The van der Waals surface area contributed by atoms with E-state index in [9.17, 15) is 72.9 Å². The second-order valence-electron chi connectivity index (χ2n) is 20.3. The van der Waals surface area contributed by atoms with Crippen LogP contribution in [0.4, 0.5) is 0 Å². The molecule has 4 fully saturated rings. The van der Waals surface area contributed by atoms with E-state index in [4.69, 9.17) is 11.5 Å². The fourth-order valence-corrected chi connectivity index (χ4v) is 10.2. The Hall–Kier alpha value is -7.38. The summed E-state index contributed by atoms with van der Waals surface area (Å²) in [6.07, 6.45) is 0.754. The number of hydrogen-bond acceptors (Lipinski definition) is 14. The molecule has 0 radical (unpaired) electrons. The Morgan fingerprint density at radius 3 is 1.47 bits per heavy atom. The van der Waals surface area contributed by atoms with Crippen LogP contribution in [0.5, 0.6) is 5.75 Å². The van der Waals surface area contributed by atoms with E-state index >= 15 is 0 Å². The van der Waals surface area contributed by atoms with Gasteiger partial charge in [0.05, 0.1) is 6.04 Å². The number of phenolic OH excluding ortho intramolecular Hbond substituents is 1. The third-order valence-corrected chi connectivity index (χ3v) is 14.1. The lowest BCUT2D eigenvalue weighted by atomic mass is 10.0. The predicted molar refractivity (Wildman–Crippen MR) is 268 cm³/mol. The molecule has 26 heteroatoms. The summed E-state index contributed by atoms with van der Waals surface area (Å²) >= 11 is 0. The van der Waals surface area contributed by atoms with Crippen molar-refractivity contribution in [3.63, 3.8) is 0 Å². The highest BCUT2D eigenvalue weighted by Crippen LogP contribution is 2.25. The minimum Gasteiger partial charge on any atom is -0.508 e. The van der Waals surface area contributed by atoms with Crippen LogP contribution in [-0.2, 0) is 64.0 Å².